The molecule has 1 aromatic carbocycles. The molecule has 0 unspecified atom stereocenters. The molecule has 0 atom stereocenters. The molecule has 3 aromatic rings. The van der Waals surface area contributed by atoms with Crippen LogP contribution in [0.1, 0.15) is 12.5 Å². The van der Waals surface area contributed by atoms with Crippen molar-refractivity contribution >= 4 is 22.8 Å². The molecule has 0 aliphatic heterocycles. The molecular weight excluding hydrogens is 368 g/mol. The van der Waals surface area contributed by atoms with Crippen LogP contribution in [0.4, 0.5) is 5.82 Å². The van der Waals surface area contributed by atoms with Crippen LogP contribution in [-0.4, -0.2) is 59.0 Å². The smallest absolute Gasteiger partial charge is 0.191 e. The first-order valence-electron chi connectivity index (χ1n) is 9.73. The van der Waals surface area contributed by atoms with Gasteiger partial charge in [0.05, 0.1) is 18.7 Å². The van der Waals surface area contributed by atoms with Gasteiger partial charge in [0.25, 0.3) is 0 Å². The van der Waals surface area contributed by atoms with E-state index in [1.807, 2.05) is 19.2 Å². The van der Waals surface area contributed by atoms with E-state index in [1.165, 1.54) is 5.56 Å². The Labute approximate surface area is 170 Å². The lowest BCUT2D eigenvalue weighted by Gasteiger charge is -2.12. The minimum absolute atomic E-state index is 0.698. The van der Waals surface area contributed by atoms with E-state index in [1.54, 1.807) is 24.3 Å². The largest absolute Gasteiger partial charge is 0.497 e. The summed E-state index contributed by atoms with van der Waals surface area (Å²) in [5.74, 6) is 2.45. The van der Waals surface area contributed by atoms with Crippen LogP contribution in [0, 0.1) is 0 Å². The highest BCUT2D eigenvalue weighted by Crippen LogP contribution is 2.17. The fourth-order valence-electron chi connectivity index (χ4n) is 2.90. The van der Waals surface area contributed by atoms with Gasteiger partial charge in [-0.05, 0) is 31.0 Å². The van der Waals surface area contributed by atoms with Gasteiger partial charge in [0.1, 0.15) is 17.9 Å². The summed E-state index contributed by atoms with van der Waals surface area (Å²) in [6, 6.07) is 8.08. The number of hydrogen-bond acceptors (Lipinski definition) is 6. The number of ether oxygens (including phenoxy) is 1. The van der Waals surface area contributed by atoms with E-state index in [9.17, 15) is 0 Å². The van der Waals surface area contributed by atoms with E-state index in [2.05, 4.69) is 55.1 Å². The number of aryl methyl sites for hydroxylation is 1. The number of benzene rings is 1. The summed E-state index contributed by atoms with van der Waals surface area (Å²) >= 11 is 0. The second-order valence-corrected chi connectivity index (χ2v) is 6.44. The van der Waals surface area contributed by atoms with Crippen LogP contribution in [0.5, 0.6) is 5.75 Å². The average molecular weight is 396 g/mol. The first-order valence-corrected chi connectivity index (χ1v) is 9.73. The lowest BCUT2D eigenvalue weighted by molar-refractivity contribution is 0.414. The fraction of sp³-hybridized carbons (Fsp3) is 0.400. The summed E-state index contributed by atoms with van der Waals surface area (Å²) in [4.78, 5) is 13.2. The van der Waals surface area contributed by atoms with Gasteiger partial charge in [-0.15, -0.1) is 0 Å². The molecule has 0 fully saturated rings. The summed E-state index contributed by atoms with van der Waals surface area (Å²) in [5, 5.41) is 15.1. The molecule has 3 N–H and O–H groups in total. The van der Waals surface area contributed by atoms with Crippen LogP contribution in [0.3, 0.4) is 0 Å². The van der Waals surface area contributed by atoms with Gasteiger partial charge in [-0.2, -0.15) is 5.10 Å². The van der Waals surface area contributed by atoms with Crippen LogP contribution in [-0.2, 0) is 13.5 Å². The Hall–Kier alpha value is -3.36. The third-order valence-corrected chi connectivity index (χ3v) is 4.41. The van der Waals surface area contributed by atoms with Gasteiger partial charge in [-0.1, -0.05) is 12.1 Å². The lowest BCUT2D eigenvalue weighted by Crippen LogP contribution is -2.39. The quantitative estimate of drug-likeness (QED) is 0.287. The Kier molecular flexibility index (Phi) is 7.21. The first-order chi connectivity index (χ1) is 14.2. The molecule has 0 aliphatic rings. The number of rotatable bonds is 9. The second-order valence-electron chi connectivity index (χ2n) is 6.44. The number of guanidine groups is 1. The molecule has 9 nitrogen and oxygen atoms in total. The van der Waals surface area contributed by atoms with E-state index >= 15 is 0 Å². The maximum absolute atomic E-state index is 5.19. The predicted molar refractivity (Wildman–Crippen MR) is 115 cm³/mol. The van der Waals surface area contributed by atoms with Crippen molar-refractivity contribution in [2.75, 3.05) is 38.6 Å². The van der Waals surface area contributed by atoms with Gasteiger partial charge in [-0.3, -0.25) is 9.67 Å². The van der Waals surface area contributed by atoms with Gasteiger partial charge >= 0.3 is 0 Å². The van der Waals surface area contributed by atoms with Crippen LogP contribution < -0.4 is 20.7 Å². The summed E-state index contributed by atoms with van der Waals surface area (Å²) in [7, 11) is 3.54. The highest BCUT2D eigenvalue weighted by atomic mass is 16.5. The third-order valence-electron chi connectivity index (χ3n) is 4.41. The molecule has 0 saturated heterocycles. The van der Waals surface area contributed by atoms with Crippen molar-refractivity contribution in [3.63, 3.8) is 0 Å². The zero-order chi connectivity index (χ0) is 20.5. The topological polar surface area (TPSA) is 101 Å². The van der Waals surface area contributed by atoms with E-state index in [0.717, 1.165) is 41.5 Å². The predicted octanol–water partition coefficient (Wildman–Crippen LogP) is 1.58. The number of nitrogens with zero attached hydrogens (tertiary/aromatic N) is 5. The van der Waals surface area contributed by atoms with Crippen LogP contribution in [0.2, 0.25) is 0 Å². The van der Waals surface area contributed by atoms with Crippen LogP contribution in [0.15, 0.2) is 41.8 Å². The SMILES string of the molecule is CCNC(=NCCc1ccc(OC)cc1)NCCNc1ncnc2c1cnn2C. The number of aliphatic imine (C=N–C) groups is 1. The molecule has 0 amide bonds. The highest BCUT2D eigenvalue weighted by molar-refractivity contribution is 5.86. The van der Waals surface area contributed by atoms with Gasteiger partial charge in [0, 0.05) is 33.2 Å². The molecule has 0 spiro atoms. The van der Waals surface area contributed by atoms with Gasteiger partial charge in [0.15, 0.2) is 11.6 Å². The molecule has 0 bridgehead atoms. The van der Waals surface area contributed by atoms with E-state index < -0.39 is 0 Å². The summed E-state index contributed by atoms with van der Waals surface area (Å²) in [6.45, 7) is 4.98. The molecule has 0 saturated carbocycles. The van der Waals surface area contributed by atoms with E-state index in [0.29, 0.717) is 19.6 Å². The van der Waals surface area contributed by atoms with Gasteiger partial charge in [0.2, 0.25) is 0 Å². The Balaban J connectivity index is 1.47. The number of anilines is 1. The minimum atomic E-state index is 0.698. The summed E-state index contributed by atoms with van der Waals surface area (Å²) in [6.07, 6.45) is 4.19. The Morgan fingerprint density at radius 2 is 1.97 bits per heavy atom. The third kappa shape index (κ3) is 5.56. The molecule has 154 valence electrons. The Morgan fingerprint density at radius 3 is 2.72 bits per heavy atom. The fourth-order valence-corrected chi connectivity index (χ4v) is 2.90. The molecular formula is C20H28N8O. The zero-order valence-electron chi connectivity index (χ0n) is 17.1. The standard InChI is InChI=1S/C20H28N8O/c1-4-21-20(23-10-9-15-5-7-16(29-3)8-6-15)24-12-11-22-18-17-13-27-28(2)19(17)26-14-25-18/h5-8,13-14H,4,9-12H2,1-3H3,(H2,21,23,24)(H,22,25,26). The monoisotopic (exact) mass is 396 g/mol. The molecule has 2 heterocycles. The average Bonchev–Trinajstić information content (AvgIpc) is 3.13. The van der Waals surface area contributed by atoms with E-state index in [4.69, 9.17) is 4.74 Å². The number of hydrogen-bond donors (Lipinski definition) is 3. The van der Waals surface area contributed by atoms with Crippen molar-refractivity contribution in [3.05, 3.63) is 42.4 Å². The lowest BCUT2D eigenvalue weighted by atomic mass is 10.1. The Bertz CT molecular complexity index is 935. The number of aromatic nitrogens is 4. The number of methoxy groups -OCH3 is 1. The first kappa shape index (κ1) is 20.4. The van der Waals surface area contributed by atoms with Gasteiger partial charge in [-0.25, -0.2) is 9.97 Å². The normalized spacial score (nSPS) is 11.5. The van der Waals surface area contributed by atoms with E-state index in [-0.39, 0.29) is 0 Å². The Morgan fingerprint density at radius 1 is 1.14 bits per heavy atom. The van der Waals surface area contributed by atoms with Gasteiger partial charge < -0.3 is 20.7 Å². The highest BCUT2D eigenvalue weighted by Gasteiger charge is 2.07. The van der Waals surface area contributed by atoms with Crippen LogP contribution in [0.25, 0.3) is 11.0 Å². The molecule has 9 heteroatoms. The zero-order valence-corrected chi connectivity index (χ0v) is 17.1. The maximum atomic E-state index is 5.19. The van der Waals surface area contributed by atoms with Crippen molar-refractivity contribution in [1.29, 1.82) is 0 Å². The van der Waals surface area contributed by atoms with Crippen molar-refractivity contribution in [2.24, 2.45) is 12.0 Å². The van der Waals surface area contributed by atoms with Crippen molar-refractivity contribution in [1.82, 2.24) is 30.4 Å². The minimum Gasteiger partial charge on any atom is -0.497 e. The van der Waals surface area contributed by atoms with Crippen molar-refractivity contribution in [2.45, 2.75) is 13.3 Å². The number of nitrogens with one attached hydrogen (secondary N) is 3. The molecule has 2 aromatic heterocycles. The summed E-state index contributed by atoms with van der Waals surface area (Å²) in [5.41, 5.74) is 2.04. The summed E-state index contributed by atoms with van der Waals surface area (Å²) < 4.78 is 6.92. The van der Waals surface area contributed by atoms with Crippen molar-refractivity contribution < 1.29 is 4.74 Å². The second kappa shape index (κ2) is 10.3. The maximum Gasteiger partial charge on any atom is 0.191 e. The molecule has 0 radical (unpaired) electrons. The number of fused-ring (bicyclic) bond motifs is 1. The van der Waals surface area contributed by atoms with Crippen molar-refractivity contribution in [3.8, 4) is 5.75 Å². The molecule has 3 rings (SSSR count). The van der Waals surface area contributed by atoms with Crippen LogP contribution >= 0.6 is 0 Å². The molecule has 0 aliphatic carbocycles. The molecule has 29 heavy (non-hydrogen) atoms.